The number of nitroso groups, excluding NO2 is 1. The third-order valence-corrected chi connectivity index (χ3v) is 2.53. The fourth-order valence-corrected chi connectivity index (χ4v) is 1.81. The van der Waals surface area contributed by atoms with Crippen LogP contribution < -0.4 is 0 Å². The van der Waals surface area contributed by atoms with E-state index in [0.29, 0.717) is 17.5 Å². The average Bonchev–Trinajstić information content (AvgIpc) is 2.44. The number of nitrogens with zero attached hydrogens (tertiary/aromatic N) is 1. The van der Waals surface area contributed by atoms with E-state index < -0.39 is 11.9 Å². The second-order valence-corrected chi connectivity index (χ2v) is 3.44. The summed E-state index contributed by atoms with van der Waals surface area (Å²) in [6, 6.07) is 1.68. The van der Waals surface area contributed by atoms with Crippen molar-refractivity contribution in [1.82, 2.24) is 0 Å². The average molecular weight is 193 g/mol. The molecule has 1 aliphatic rings. The van der Waals surface area contributed by atoms with Crippen LogP contribution in [0.4, 0.5) is 4.39 Å². The number of hydrogen-bond acceptors (Lipinski definition) is 3. The molecule has 1 aromatic carbocycles. The van der Waals surface area contributed by atoms with E-state index in [9.17, 15) is 14.1 Å². The van der Waals surface area contributed by atoms with Crippen LogP contribution in [0.3, 0.4) is 0 Å². The number of rotatable bonds is 1. The summed E-state index contributed by atoms with van der Waals surface area (Å²) in [5, 5.41) is 2.73. The molecule has 0 fully saturated rings. The fourth-order valence-electron chi connectivity index (χ4n) is 1.81. The van der Waals surface area contributed by atoms with Gasteiger partial charge in [-0.05, 0) is 30.2 Å². The van der Waals surface area contributed by atoms with E-state index in [1.807, 2.05) is 0 Å². The van der Waals surface area contributed by atoms with Gasteiger partial charge in [0.05, 0.1) is 0 Å². The minimum absolute atomic E-state index is 0.309. The summed E-state index contributed by atoms with van der Waals surface area (Å²) in [4.78, 5) is 21.8. The minimum Gasteiger partial charge on any atom is -0.292 e. The van der Waals surface area contributed by atoms with Crippen molar-refractivity contribution in [1.29, 1.82) is 0 Å². The maximum atomic E-state index is 13.0. The third-order valence-electron chi connectivity index (χ3n) is 2.53. The molecule has 0 radical (unpaired) electrons. The van der Waals surface area contributed by atoms with Gasteiger partial charge in [-0.25, -0.2) is 4.39 Å². The van der Waals surface area contributed by atoms with Crippen LogP contribution in [0.25, 0.3) is 0 Å². The van der Waals surface area contributed by atoms with E-state index in [1.165, 1.54) is 12.1 Å². The molecule has 4 heteroatoms. The molecule has 1 aromatic rings. The maximum Gasteiger partial charge on any atom is 0.191 e. The van der Waals surface area contributed by atoms with Gasteiger partial charge < -0.3 is 0 Å². The standard InChI is InChI=1S/C10H8FNO2/c1-5-2-6(11)3-8-7(5)4-9(12-14)10(8)13/h2-3,9H,4H2,1H3. The van der Waals surface area contributed by atoms with Gasteiger partial charge in [0.25, 0.3) is 0 Å². The van der Waals surface area contributed by atoms with Crippen molar-refractivity contribution in [2.45, 2.75) is 19.4 Å². The zero-order chi connectivity index (χ0) is 10.3. The molecule has 14 heavy (non-hydrogen) atoms. The first-order valence-corrected chi connectivity index (χ1v) is 4.29. The van der Waals surface area contributed by atoms with Gasteiger partial charge >= 0.3 is 0 Å². The summed E-state index contributed by atoms with van der Waals surface area (Å²) in [7, 11) is 0. The van der Waals surface area contributed by atoms with Crippen molar-refractivity contribution in [3.63, 3.8) is 0 Å². The Balaban J connectivity index is 2.59. The second kappa shape index (κ2) is 2.97. The first-order valence-electron chi connectivity index (χ1n) is 4.29. The van der Waals surface area contributed by atoms with E-state index >= 15 is 0 Å². The number of Topliss-reactive ketones (excluding diaryl/α,β-unsaturated/α-hetero) is 1. The topological polar surface area (TPSA) is 46.5 Å². The number of carbonyl (C=O) groups is 1. The molecule has 0 spiro atoms. The summed E-state index contributed by atoms with van der Waals surface area (Å²) < 4.78 is 13.0. The fraction of sp³-hybridized carbons (Fsp3) is 0.300. The molecular formula is C10H8FNO2. The van der Waals surface area contributed by atoms with Crippen LogP contribution in [0, 0.1) is 17.6 Å². The molecule has 0 bridgehead atoms. The molecule has 0 N–H and O–H groups in total. The molecule has 3 nitrogen and oxygen atoms in total. The number of hydrogen-bond donors (Lipinski definition) is 0. The van der Waals surface area contributed by atoms with Crippen molar-refractivity contribution >= 4 is 5.78 Å². The van der Waals surface area contributed by atoms with E-state index in [-0.39, 0.29) is 5.78 Å². The molecule has 1 atom stereocenters. The number of aryl methyl sites for hydroxylation is 1. The van der Waals surface area contributed by atoms with Crippen molar-refractivity contribution < 1.29 is 9.18 Å². The lowest BCUT2D eigenvalue weighted by atomic mass is 10.0. The van der Waals surface area contributed by atoms with Crippen LogP contribution in [0.15, 0.2) is 17.3 Å². The summed E-state index contributed by atoms with van der Waals surface area (Å²) in [6.07, 6.45) is 0.309. The monoisotopic (exact) mass is 193 g/mol. The van der Waals surface area contributed by atoms with Crippen LogP contribution in [0.1, 0.15) is 21.5 Å². The first-order chi connectivity index (χ1) is 6.63. The van der Waals surface area contributed by atoms with Crippen LogP contribution in [-0.2, 0) is 6.42 Å². The predicted octanol–water partition coefficient (Wildman–Crippen LogP) is 2.01. The molecule has 0 aromatic heterocycles. The molecule has 72 valence electrons. The molecule has 0 heterocycles. The van der Waals surface area contributed by atoms with E-state index in [4.69, 9.17) is 0 Å². The number of halogens is 1. The highest BCUT2D eigenvalue weighted by molar-refractivity contribution is 6.04. The minimum atomic E-state index is -0.856. The predicted molar refractivity (Wildman–Crippen MR) is 48.8 cm³/mol. The van der Waals surface area contributed by atoms with Gasteiger partial charge in [-0.15, -0.1) is 0 Å². The normalized spacial score (nSPS) is 19.6. The molecule has 0 amide bonds. The second-order valence-electron chi connectivity index (χ2n) is 3.44. The highest BCUT2D eigenvalue weighted by atomic mass is 19.1. The van der Waals surface area contributed by atoms with Crippen LogP contribution in [0.5, 0.6) is 0 Å². The Hall–Kier alpha value is -1.58. The van der Waals surface area contributed by atoms with Gasteiger partial charge in [0.15, 0.2) is 11.8 Å². The molecule has 0 aliphatic heterocycles. The zero-order valence-electron chi connectivity index (χ0n) is 7.58. The van der Waals surface area contributed by atoms with Crippen LogP contribution >= 0.6 is 0 Å². The number of ketones is 1. The summed E-state index contributed by atoms with van der Waals surface area (Å²) in [5.41, 5.74) is 1.77. The van der Waals surface area contributed by atoms with Gasteiger partial charge in [0.2, 0.25) is 0 Å². The Morgan fingerprint density at radius 1 is 1.50 bits per heavy atom. The Morgan fingerprint density at radius 2 is 2.21 bits per heavy atom. The number of benzene rings is 1. The lowest BCUT2D eigenvalue weighted by molar-refractivity contribution is 0.0975. The highest BCUT2D eigenvalue weighted by Gasteiger charge is 2.32. The molecule has 2 rings (SSSR count). The Morgan fingerprint density at radius 3 is 2.86 bits per heavy atom. The summed E-state index contributed by atoms with van der Waals surface area (Å²) in [5.74, 6) is -0.807. The zero-order valence-corrected chi connectivity index (χ0v) is 7.58. The maximum absolute atomic E-state index is 13.0. The largest absolute Gasteiger partial charge is 0.292 e. The highest BCUT2D eigenvalue weighted by Crippen LogP contribution is 2.27. The molecular weight excluding hydrogens is 185 g/mol. The molecule has 1 unspecified atom stereocenters. The molecule has 0 saturated heterocycles. The first kappa shape index (κ1) is 8.99. The SMILES string of the molecule is Cc1cc(F)cc2c1CC(N=O)C2=O. The van der Waals surface area contributed by atoms with Crippen LogP contribution in [0.2, 0.25) is 0 Å². The summed E-state index contributed by atoms with van der Waals surface area (Å²) >= 11 is 0. The third kappa shape index (κ3) is 1.14. The smallest absolute Gasteiger partial charge is 0.191 e. The number of carbonyl (C=O) groups excluding carboxylic acids is 1. The van der Waals surface area contributed by atoms with Crippen molar-refractivity contribution in [2.75, 3.05) is 0 Å². The van der Waals surface area contributed by atoms with E-state index in [1.54, 1.807) is 6.92 Å². The van der Waals surface area contributed by atoms with Gasteiger partial charge in [-0.2, -0.15) is 4.91 Å². The van der Waals surface area contributed by atoms with Crippen molar-refractivity contribution in [3.8, 4) is 0 Å². The van der Waals surface area contributed by atoms with Crippen molar-refractivity contribution in [2.24, 2.45) is 5.18 Å². The van der Waals surface area contributed by atoms with Crippen LogP contribution in [-0.4, -0.2) is 11.8 Å². The van der Waals surface area contributed by atoms with Gasteiger partial charge in [0.1, 0.15) is 5.82 Å². The van der Waals surface area contributed by atoms with E-state index in [0.717, 1.165) is 5.56 Å². The molecule has 1 aliphatic carbocycles. The van der Waals surface area contributed by atoms with Gasteiger partial charge in [-0.1, -0.05) is 5.18 Å². The Kier molecular flexibility index (Phi) is 1.91. The Bertz CT molecular complexity index is 428. The van der Waals surface area contributed by atoms with Gasteiger partial charge in [-0.3, -0.25) is 4.79 Å². The lowest BCUT2D eigenvalue weighted by Crippen LogP contribution is -2.11. The molecule has 0 saturated carbocycles. The Labute approximate surface area is 79.9 Å². The van der Waals surface area contributed by atoms with E-state index in [2.05, 4.69) is 5.18 Å². The summed E-state index contributed by atoms with van der Waals surface area (Å²) in [6.45, 7) is 1.72. The quantitative estimate of drug-likeness (QED) is 0.640. The number of fused-ring (bicyclic) bond motifs is 1. The van der Waals surface area contributed by atoms with Crippen molar-refractivity contribution in [3.05, 3.63) is 39.5 Å². The van der Waals surface area contributed by atoms with Gasteiger partial charge in [0, 0.05) is 12.0 Å². The lowest BCUT2D eigenvalue weighted by Gasteiger charge is -2.01.